The van der Waals surface area contributed by atoms with Gasteiger partial charge in [-0.2, -0.15) is 0 Å². The normalized spacial score (nSPS) is 26.0. The summed E-state index contributed by atoms with van der Waals surface area (Å²) in [6.07, 6.45) is 7.32. The highest BCUT2D eigenvalue weighted by molar-refractivity contribution is 6.23. The van der Waals surface area contributed by atoms with Gasteiger partial charge in [0.05, 0.1) is 28.6 Å². The van der Waals surface area contributed by atoms with Crippen molar-refractivity contribution in [1.82, 2.24) is 30.6 Å². The maximum absolute atomic E-state index is 13.3. The highest BCUT2D eigenvalue weighted by Gasteiger charge is 2.45. The molecule has 5 aliphatic heterocycles. The van der Waals surface area contributed by atoms with Gasteiger partial charge in [0.15, 0.2) is 5.82 Å². The Morgan fingerprint density at radius 1 is 0.800 bits per heavy atom. The summed E-state index contributed by atoms with van der Waals surface area (Å²) in [6, 6.07) is 14.7. The Bertz CT molecular complexity index is 1990. The fraction of sp³-hybridized carbons (Fsp3) is 0.512. The van der Waals surface area contributed by atoms with Crippen LogP contribution >= 0.6 is 0 Å². The molecular formula is C41H49N9O5. The number of amides is 4. The Morgan fingerprint density at radius 3 is 2.40 bits per heavy atom. The fourth-order valence-corrected chi connectivity index (χ4v) is 9.64. The maximum atomic E-state index is 13.3. The first kappa shape index (κ1) is 35.6. The molecule has 4 fully saturated rings. The molecule has 14 heteroatoms. The molecule has 6 heterocycles. The van der Waals surface area contributed by atoms with Crippen LogP contribution in [0.25, 0.3) is 11.3 Å². The number of piperazine rings is 1. The lowest BCUT2D eigenvalue weighted by atomic mass is 9.85. The second-order valence-electron chi connectivity index (χ2n) is 16.2. The number of imide groups is 2. The number of nitrogens with one attached hydrogen (secondary N) is 3. The van der Waals surface area contributed by atoms with Gasteiger partial charge in [-0.15, -0.1) is 10.2 Å². The van der Waals surface area contributed by atoms with Crippen molar-refractivity contribution < 1.29 is 24.3 Å². The number of fused-ring (bicyclic) bond motifs is 4. The van der Waals surface area contributed by atoms with Crippen LogP contribution in [0.2, 0.25) is 0 Å². The average Bonchev–Trinajstić information content (AvgIpc) is 3.45. The van der Waals surface area contributed by atoms with Crippen LogP contribution in [0.3, 0.4) is 0 Å². The van der Waals surface area contributed by atoms with Crippen molar-refractivity contribution >= 4 is 40.8 Å². The molecule has 0 radical (unpaired) electrons. The van der Waals surface area contributed by atoms with Gasteiger partial charge in [0.25, 0.3) is 11.8 Å². The molecule has 0 spiro atoms. The number of carbonyl (C=O) groups is 4. The van der Waals surface area contributed by atoms with Crippen molar-refractivity contribution in [3.63, 3.8) is 0 Å². The van der Waals surface area contributed by atoms with Gasteiger partial charge in [-0.25, -0.2) is 0 Å². The topological polar surface area (TPSA) is 163 Å². The molecular weight excluding hydrogens is 699 g/mol. The summed E-state index contributed by atoms with van der Waals surface area (Å²) >= 11 is 0. The van der Waals surface area contributed by atoms with Crippen molar-refractivity contribution in [3.8, 4) is 17.0 Å². The number of aromatic nitrogens is 2. The smallest absolute Gasteiger partial charge is 0.262 e. The zero-order valence-electron chi connectivity index (χ0n) is 31.1. The molecule has 1 saturated carbocycles. The number of anilines is 3. The van der Waals surface area contributed by atoms with Crippen LogP contribution in [0.1, 0.15) is 72.1 Å². The van der Waals surface area contributed by atoms with E-state index in [1.165, 1.54) is 25.7 Å². The lowest BCUT2D eigenvalue weighted by Gasteiger charge is -2.46. The Balaban J connectivity index is 0.710. The van der Waals surface area contributed by atoms with E-state index in [2.05, 4.69) is 46.9 Å². The third-order valence-electron chi connectivity index (χ3n) is 12.8. The fourth-order valence-electron chi connectivity index (χ4n) is 9.64. The number of piperidine rings is 2. The number of aromatic hydroxyl groups is 1. The summed E-state index contributed by atoms with van der Waals surface area (Å²) in [5.74, 6) is 0.452. The highest BCUT2D eigenvalue weighted by atomic mass is 16.3. The van der Waals surface area contributed by atoms with Crippen LogP contribution in [0.4, 0.5) is 17.2 Å². The first-order valence-electron chi connectivity index (χ1n) is 20.0. The summed E-state index contributed by atoms with van der Waals surface area (Å²) < 4.78 is 0. The van der Waals surface area contributed by atoms with E-state index in [4.69, 9.17) is 0 Å². The van der Waals surface area contributed by atoms with E-state index in [1.807, 2.05) is 24.3 Å². The minimum Gasteiger partial charge on any atom is -0.507 e. The SMILES string of the molecule is O=C1CCC(N2C(=O)c3ccc(N4CCC(CNC5CCC(CN6CCN7c8cc(-c9ccccc9O)nnc8NC[C@H]7C6)CC5)CC4)cc3C2=O)C(=O)N1. The molecule has 55 heavy (non-hydrogen) atoms. The van der Waals surface area contributed by atoms with Gasteiger partial charge in [-0.3, -0.25) is 34.3 Å². The third kappa shape index (κ3) is 7.01. The first-order valence-corrected chi connectivity index (χ1v) is 20.0. The molecule has 4 amide bonds. The first-order chi connectivity index (χ1) is 26.8. The van der Waals surface area contributed by atoms with Crippen LogP contribution in [0.5, 0.6) is 5.75 Å². The molecule has 3 aromatic rings. The van der Waals surface area contributed by atoms with E-state index in [0.29, 0.717) is 40.4 Å². The molecule has 14 nitrogen and oxygen atoms in total. The van der Waals surface area contributed by atoms with E-state index < -0.39 is 23.8 Å². The zero-order chi connectivity index (χ0) is 37.6. The van der Waals surface area contributed by atoms with Crippen LogP contribution in [0, 0.1) is 11.8 Å². The lowest BCUT2D eigenvalue weighted by Crippen LogP contribution is -2.58. The van der Waals surface area contributed by atoms with Gasteiger partial charge >= 0.3 is 0 Å². The van der Waals surface area contributed by atoms with Gasteiger partial charge in [0, 0.05) is 69.5 Å². The van der Waals surface area contributed by atoms with Gasteiger partial charge < -0.3 is 25.5 Å². The molecule has 4 N–H and O–H groups in total. The number of phenolic OH excluding ortho intramolecular Hbond substituents is 1. The number of nitrogens with zero attached hydrogens (tertiary/aromatic N) is 6. The number of hydrogen-bond donors (Lipinski definition) is 4. The van der Waals surface area contributed by atoms with E-state index in [1.54, 1.807) is 18.2 Å². The second kappa shape index (κ2) is 14.9. The van der Waals surface area contributed by atoms with Crippen LogP contribution in [0.15, 0.2) is 48.5 Å². The average molecular weight is 748 g/mol. The quantitative estimate of drug-likeness (QED) is 0.250. The summed E-state index contributed by atoms with van der Waals surface area (Å²) in [7, 11) is 0. The van der Waals surface area contributed by atoms with Gasteiger partial charge in [0.1, 0.15) is 11.8 Å². The highest BCUT2D eigenvalue weighted by Crippen LogP contribution is 2.37. The molecule has 1 aliphatic carbocycles. The van der Waals surface area contributed by atoms with Crippen molar-refractivity contribution in [2.75, 3.05) is 67.5 Å². The van der Waals surface area contributed by atoms with Gasteiger partial charge in [-0.05, 0) is 99.7 Å². The largest absolute Gasteiger partial charge is 0.507 e. The van der Waals surface area contributed by atoms with E-state index in [9.17, 15) is 24.3 Å². The summed E-state index contributed by atoms with van der Waals surface area (Å²) in [6.45, 7) is 7.80. The van der Waals surface area contributed by atoms with Crippen molar-refractivity contribution in [2.45, 2.75) is 69.5 Å². The number of rotatable bonds is 8. The van der Waals surface area contributed by atoms with E-state index >= 15 is 0 Å². The van der Waals surface area contributed by atoms with Crippen LogP contribution < -0.4 is 25.8 Å². The Morgan fingerprint density at radius 2 is 1.60 bits per heavy atom. The van der Waals surface area contributed by atoms with Crippen molar-refractivity contribution in [1.29, 1.82) is 0 Å². The standard InChI is InChI=1S/C41H49N9O5/c51-36-4-2-1-3-31(36)33-20-35-38(46-45-33)43-22-29-24-47(17-18-49(29)35)23-26-5-7-27(8-6-26)42-21-25-13-15-48(16-14-25)28-9-10-30-32(19-28)41(55)50(40(30)54)34-11-12-37(52)44-39(34)53/h1-4,9-10,19-20,25-27,29,34,42,51H,5-8,11-18,21-24H2,(H,43,46)(H,44,52,53)/t26?,27?,29-,34?/m0/s1. The van der Waals surface area contributed by atoms with E-state index in [-0.39, 0.29) is 24.5 Å². The molecule has 6 aliphatic rings. The minimum atomic E-state index is -0.952. The number of benzene rings is 2. The molecule has 1 unspecified atom stereocenters. The van der Waals surface area contributed by atoms with Crippen LogP contribution in [-0.2, 0) is 9.59 Å². The number of para-hydroxylation sites is 1. The van der Waals surface area contributed by atoms with Crippen LogP contribution in [-0.4, -0.2) is 119 Å². The zero-order valence-corrected chi connectivity index (χ0v) is 31.1. The molecule has 2 aromatic carbocycles. The number of phenols is 1. The molecule has 288 valence electrons. The van der Waals surface area contributed by atoms with Crippen molar-refractivity contribution in [2.24, 2.45) is 11.8 Å². The van der Waals surface area contributed by atoms with Gasteiger partial charge in [-0.1, -0.05) is 12.1 Å². The van der Waals surface area contributed by atoms with Crippen molar-refractivity contribution in [3.05, 3.63) is 59.7 Å². The maximum Gasteiger partial charge on any atom is 0.262 e. The Kier molecular flexibility index (Phi) is 9.63. The summed E-state index contributed by atoms with van der Waals surface area (Å²) in [4.78, 5) is 58.9. The second-order valence-corrected chi connectivity index (χ2v) is 16.2. The summed E-state index contributed by atoms with van der Waals surface area (Å²) in [5.41, 5.74) is 4.03. The predicted octanol–water partition coefficient (Wildman–Crippen LogP) is 3.23. The number of hydrogen-bond acceptors (Lipinski definition) is 12. The molecule has 3 saturated heterocycles. The van der Waals surface area contributed by atoms with Gasteiger partial charge in [0.2, 0.25) is 11.8 Å². The molecule has 0 bridgehead atoms. The Labute approximate surface area is 320 Å². The lowest BCUT2D eigenvalue weighted by molar-refractivity contribution is -0.136. The predicted molar refractivity (Wildman–Crippen MR) is 207 cm³/mol. The minimum absolute atomic E-state index is 0.107. The number of carbonyl (C=O) groups excluding carboxylic acids is 4. The molecule has 2 atom stereocenters. The third-order valence-corrected chi connectivity index (χ3v) is 12.8. The Hall–Kier alpha value is -5.08. The van der Waals surface area contributed by atoms with E-state index in [0.717, 1.165) is 93.2 Å². The summed E-state index contributed by atoms with van der Waals surface area (Å²) in [5, 5.41) is 28.9. The monoisotopic (exact) mass is 747 g/mol. The molecule has 9 rings (SSSR count). The molecule has 1 aromatic heterocycles.